The van der Waals surface area contributed by atoms with Gasteiger partial charge < -0.3 is 9.30 Å². The highest BCUT2D eigenvalue weighted by molar-refractivity contribution is 7.16. The molecule has 142 valence electrons. The second kappa shape index (κ2) is 8.62. The lowest BCUT2D eigenvalue weighted by Crippen LogP contribution is -2.26. The van der Waals surface area contributed by atoms with E-state index in [0.29, 0.717) is 11.4 Å². The number of thiazole rings is 1. The number of hydrogen-bond donors (Lipinski definition) is 0. The van der Waals surface area contributed by atoms with Crippen molar-refractivity contribution in [1.82, 2.24) is 4.57 Å². The van der Waals surface area contributed by atoms with Crippen molar-refractivity contribution in [2.24, 2.45) is 10.4 Å². The van der Waals surface area contributed by atoms with Gasteiger partial charge in [0.25, 0.3) is 5.91 Å². The number of fused-ring (bicyclic) bond motifs is 1. The minimum Gasteiger partial charge on any atom is -0.465 e. The summed E-state index contributed by atoms with van der Waals surface area (Å²) in [4.78, 5) is 29.3. The van der Waals surface area contributed by atoms with Crippen molar-refractivity contribution in [2.45, 2.75) is 60.4 Å². The van der Waals surface area contributed by atoms with E-state index in [1.165, 1.54) is 16.9 Å². The Morgan fingerprint density at radius 3 is 2.58 bits per heavy atom. The first kappa shape index (κ1) is 20.4. The SMILES string of the molecule is CCCCc1ccc2c(c1)sc(=NC(=O)C(C)(C)C)n2CC(=O)OCC. The van der Waals surface area contributed by atoms with Gasteiger partial charge in [0.2, 0.25) is 0 Å². The molecule has 0 saturated carbocycles. The number of esters is 1. The number of carbonyl (C=O) groups is 2. The van der Waals surface area contributed by atoms with Crippen LogP contribution in [0.4, 0.5) is 0 Å². The fourth-order valence-corrected chi connectivity index (χ4v) is 3.57. The number of carbonyl (C=O) groups excluding carboxylic acids is 2. The molecule has 0 unspecified atom stereocenters. The van der Waals surface area contributed by atoms with Crippen molar-refractivity contribution in [3.63, 3.8) is 0 Å². The zero-order valence-corrected chi connectivity index (χ0v) is 17.1. The number of ether oxygens (including phenoxy) is 1. The van der Waals surface area contributed by atoms with Gasteiger partial charge in [-0.05, 0) is 37.5 Å². The third-order valence-corrected chi connectivity index (χ3v) is 5.04. The number of aryl methyl sites for hydroxylation is 1. The molecule has 0 saturated heterocycles. The first-order valence-electron chi connectivity index (χ1n) is 9.13. The molecule has 0 aliphatic rings. The van der Waals surface area contributed by atoms with Crippen LogP contribution < -0.4 is 4.80 Å². The van der Waals surface area contributed by atoms with Crippen LogP contribution in [0.2, 0.25) is 0 Å². The summed E-state index contributed by atoms with van der Waals surface area (Å²) in [5.41, 5.74) is 1.60. The molecule has 1 aromatic carbocycles. The van der Waals surface area contributed by atoms with Crippen LogP contribution in [0.25, 0.3) is 10.2 Å². The van der Waals surface area contributed by atoms with Crippen molar-refractivity contribution >= 4 is 33.4 Å². The molecule has 2 rings (SSSR count). The molecule has 0 fully saturated rings. The number of benzene rings is 1. The monoisotopic (exact) mass is 376 g/mol. The molecule has 0 aliphatic carbocycles. The van der Waals surface area contributed by atoms with E-state index in [-0.39, 0.29) is 18.4 Å². The van der Waals surface area contributed by atoms with Crippen LogP contribution >= 0.6 is 11.3 Å². The minimum atomic E-state index is -0.565. The van der Waals surface area contributed by atoms with E-state index >= 15 is 0 Å². The highest BCUT2D eigenvalue weighted by Gasteiger charge is 2.21. The molecule has 0 radical (unpaired) electrons. The van der Waals surface area contributed by atoms with E-state index in [4.69, 9.17) is 4.74 Å². The molecule has 1 amide bonds. The lowest BCUT2D eigenvalue weighted by molar-refractivity contribution is -0.143. The maximum Gasteiger partial charge on any atom is 0.326 e. The van der Waals surface area contributed by atoms with Crippen LogP contribution in [0.15, 0.2) is 23.2 Å². The molecule has 6 heteroatoms. The average Bonchev–Trinajstić information content (AvgIpc) is 2.89. The van der Waals surface area contributed by atoms with Crippen LogP contribution in [-0.4, -0.2) is 23.1 Å². The third kappa shape index (κ3) is 5.04. The Morgan fingerprint density at radius 1 is 1.23 bits per heavy atom. The zero-order chi connectivity index (χ0) is 19.3. The van der Waals surface area contributed by atoms with Gasteiger partial charge in [-0.2, -0.15) is 4.99 Å². The second-order valence-corrected chi connectivity index (χ2v) is 8.36. The highest BCUT2D eigenvalue weighted by atomic mass is 32.1. The molecule has 1 heterocycles. The zero-order valence-electron chi connectivity index (χ0n) is 16.3. The maximum absolute atomic E-state index is 12.4. The Balaban J connectivity index is 2.54. The number of rotatable bonds is 6. The molecule has 1 aromatic heterocycles. The maximum atomic E-state index is 12.4. The molecule has 0 N–H and O–H groups in total. The first-order valence-corrected chi connectivity index (χ1v) is 9.95. The van der Waals surface area contributed by atoms with Gasteiger partial charge in [-0.3, -0.25) is 9.59 Å². The van der Waals surface area contributed by atoms with Gasteiger partial charge in [0.1, 0.15) is 6.54 Å². The van der Waals surface area contributed by atoms with Gasteiger partial charge >= 0.3 is 5.97 Å². The smallest absolute Gasteiger partial charge is 0.326 e. The van der Waals surface area contributed by atoms with Crippen LogP contribution in [0, 0.1) is 5.41 Å². The van der Waals surface area contributed by atoms with Gasteiger partial charge in [0.05, 0.1) is 16.8 Å². The lowest BCUT2D eigenvalue weighted by Gasteiger charge is -2.12. The van der Waals surface area contributed by atoms with Crippen LogP contribution in [0.1, 0.15) is 53.0 Å². The van der Waals surface area contributed by atoms with E-state index in [9.17, 15) is 9.59 Å². The van der Waals surface area contributed by atoms with Crippen molar-refractivity contribution in [1.29, 1.82) is 0 Å². The van der Waals surface area contributed by atoms with Gasteiger partial charge in [-0.15, -0.1) is 0 Å². The number of aromatic nitrogens is 1. The molecule has 5 nitrogen and oxygen atoms in total. The summed E-state index contributed by atoms with van der Waals surface area (Å²) >= 11 is 1.44. The Labute approximate surface area is 158 Å². The standard InChI is InChI=1S/C20H28N2O3S/c1-6-8-9-14-10-11-15-16(12-14)26-19(21-18(24)20(3,4)5)22(15)13-17(23)25-7-2/h10-12H,6-9,13H2,1-5H3. The fraction of sp³-hybridized carbons (Fsp3) is 0.550. The predicted octanol–water partition coefficient (Wildman–Crippen LogP) is 4.08. The Hall–Kier alpha value is -1.95. The summed E-state index contributed by atoms with van der Waals surface area (Å²) in [6.07, 6.45) is 3.31. The van der Waals surface area contributed by atoms with Crippen molar-refractivity contribution in [3.8, 4) is 0 Å². The van der Waals surface area contributed by atoms with Crippen molar-refractivity contribution in [2.75, 3.05) is 6.61 Å². The Kier molecular flexibility index (Phi) is 6.75. The van der Waals surface area contributed by atoms with E-state index in [1.807, 2.05) is 26.8 Å². The Morgan fingerprint density at radius 2 is 1.96 bits per heavy atom. The second-order valence-electron chi connectivity index (χ2n) is 7.35. The Bertz CT molecular complexity index is 856. The average molecular weight is 377 g/mol. The first-order chi connectivity index (χ1) is 12.3. The minimum absolute atomic E-state index is 0.0540. The molecule has 0 atom stereocenters. The van der Waals surface area contributed by atoms with E-state index in [2.05, 4.69) is 24.0 Å². The number of hydrogen-bond acceptors (Lipinski definition) is 4. The normalized spacial score (nSPS) is 12.6. The quantitative estimate of drug-likeness (QED) is 0.714. The summed E-state index contributed by atoms with van der Waals surface area (Å²) in [5.74, 6) is -0.528. The molecule has 0 bridgehead atoms. The molecule has 0 aliphatic heterocycles. The fourth-order valence-electron chi connectivity index (χ4n) is 2.48. The van der Waals surface area contributed by atoms with Crippen LogP contribution in [0.5, 0.6) is 0 Å². The number of unbranched alkanes of at least 4 members (excludes halogenated alkanes) is 1. The summed E-state index contributed by atoms with van der Waals surface area (Å²) < 4.78 is 7.90. The summed E-state index contributed by atoms with van der Waals surface area (Å²) in [7, 11) is 0. The predicted molar refractivity (Wildman–Crippen MR) is 105 cm³/mol. The summed E-state index contributed by atoms with van der Waals surface area (Å²) in [6, 6.07) is 6.23. The largest absolute Gasteiger partial charge is 0.465 e. The molecule has 0 spiro atoms. The summed E-state index contributed by atoms with van der Waals surface area (Å²) in [5, 5.41) is 0. The van der Waals surface area contributed by atoms with E-state index in [0.717, 1.165) is 29.5 Å². The van der Waals surface area contributed by atoms with Crippen LogP contribution in [0.3, 0.4) is 0 Å². The van der Waals surface area contributed by atoms with Gasteiger partial charge in [0, 0.05) is 5.41 Å². The summed E-state index contributed by atoms with van der Waals surface area (Å²) in [6.45, 7) is 9.85. The van der Waals surface area contributed by atoms with Gasteiger partial charge in [-0.25, -0.2) is 0 Å². The number of nitrogens with zero attached hydrogens (tertiary/aromatic N) is 2. The molecule has 2 aromatic rings. The van der Waals surface area contributed by atoms with Gasteiger partial charge in [-0.1, -0.05) is 51.5 Å². The van der Waals surface area contributed by atoms with Crippen LogP contribution in [-0.2, 0) is 27.3 Å². The number of amides is 1. The lowest BCUT2D eigenvalue weighted by atomic mass is 9.96. The van der Waals surface area contributed by atoms with Crippen molar-refractivity contribution in [3.05, 3.63) is 28.6 Å². The van der Waals surface area contributed by atoms with E-state index < -0.39 is 5.41 Å². The molecular formula is C20H28N2O3S. The van der Waals surface area contributed by atoms with Gasteiger partial charge in [0.15, 0.2) is 4.80 Å². The van der Waals surface area contributed by atoms with E-state index in [1.54, 1.807) is 11.5 Å². The molecule has 26 heavy (non-hydrogen) atoms. The third-order valence-electron chi connectivity index (χ3n) is 4.00. The topological polar surface area (TPSA) is 60.7 Å². The highest BCUT2D eigenvalue weighted by Crippen LogP contribution is 2.21. The molecular weight excluding hydrogens is 348 g/mol. The van der Waals surface area contributed by atoms with Crippen molar-refractivity contribution < 1.29 is 14.3 Å².